The van der Waals surface area contributed by atoms with E-state index in [1.165, 1.54) is 11.9 Å². The van der Waals surface area contributed by atoms with Gasteiger partial charge in [-0.15, -0.1) is 0 Å². The summed E-state index contributed by atoms with van der Waals surface area (Å²) in [6, 6.07) is -0.869. The van der Waals surface area contributed by atoms with Gasteiger partial charge in [-0.05, 0) is 13.8 Å². The molecule has 0 aromatic rings. The SMILES string of the molecule is CC(C)N(CC(=O)O)C(=O)CN1C(=O)CN(C)C1=O. The van der Waals surface area contributed by atoms with Crippen LogP contribution < -0.4 is 0 Å². The molecule has 0 aromatic heterocycles. The minimum Gasteiger partial charge on any atom is -0.480 e. The van der Waals surface area contributed by atoms with Crippen LogP contribution >= 0.6 is 0 Å². The fourth-order valence-corrected chi connectivity index (χ4v) is 1.75. The van der Waals surface area contributed by atoms with Gasteiger partial charge in [0.2, 0.25) is 5.91 Å². The van der Waals surface area contributed by atoms with Gasteiger partial charge in [-0.2, -0.15) is 0 Å². The number of aliphatic carboxylic acids is 1. The Morgan fingerprint density at radius 3 is 2.32 bits per heavy atom. The molecule has 0 unspecified atom stereocenters. The van der Waals surface area contributed by atoms with Gasteiger partial charge in [0, 0.05) is 13.1 Å². The Labute approximate surface area is 110 Å². The number of likely N-dealkylation sites (N-methyl/N-ethyl adjacent to an activating group) is 1. The van der Waals surface area contributed by atoms with Gasteiger partial charge >= 0.3 is 12.0 Å². The van der Waals surface area contributed by atoms with Gasteiger partial charge in [-0.25, -0.2) is 4.79 Å². The first-order chi connectivity index (χ1) is 8.73. The predicted molar refractivity (Wildman–Crippen MR) is 64.2 cm³/mol. The summed E-state index contributed by atoms with van der Waals surface area (Å²) in [5.74, 6) is -2.16. The van der Waals surface area contributed by atoms with Crippen LogP contribution in [0.15, 0.2) is 0 Å². The summed E-state index contributed by atoms with van der Waals surface area (Å²) in [6.07, 6.45) is 0. The fraction of sp³-hybridized carbons (Fsp3) is 0.636. The largest absolute Gasteiger partial charge is 0.480 e. The molecule has 4 amide bonds. The van der Waals surface area contributed by atoms with Crippen molar-refractivity contribution in [2.45, 2.75) is 19.9 Å². The lowest BCUT2D eigenvalue weighted by atomic mass is 10.3. The number of carboxylic acid groups (broad SMARTS) is 1. The van der Waals surface area contributed by atoms with Gasteiger partial charge in [0.15, 0.2) is 0 Å². The van der Waals surface area contributed by atoms with E-state index in [-0.39, 0.29) is 12.6 Å². The number of carbonyl (C=O) groups is 4. The van der Waals surface area contributed by atoms with Crippen molar-refractivity contribution in [3.05, 3.63) is 0 Å². The second kappa shape index (κ2) is 5.68. The smallest absolute Gasteiger partial charge is 0.327 e. The van der Waals surface area contributed by atoms with E-state index in [2.05, 4.69) is 0 Å². The summed E-state index contributed by atoms with van der Waals surface area (Å²) in [7, 11) is 1.46. The number of imide groups is 1. The highest BCUT2D eigenvalue weighted by molar-refractivity contribution is 6.04. The monoisotopic (exact) mass is 271 g/mol. The summed E-state index contributed by atoms with van der Waals surface area (Å²) in [4.78, 5) is 48.9. The number of hydrogen-bond donors (Lipinski definition) is 1. The van der Waals surface area contributed by atoms with Gasteiger partial charge in [0.25, 0.3) is 5.91 Å². The molecule has 0 bridgehead atoms. The van der Waals surface area contributed by atoms with E-state index >= 15 is 0 Å². The number of carboxylic acids is 1. The first-order valence-corrected chi connectivity index (χ1v) is 5.80. The summed E-state index contributed by atoms with van der Waals surface area (Å²) < 4.78 is 0. The Morgan fingerprint density at radius 1 is 1.37 bits per heavy atom. The minimum absolute atomic E-state index is 0.0628. The van der Waals surface area contributed by atoms with Crippen LogP contribution in [0, 0.1) is 0 Å². The Balaban J connectivity index is 2.74. The molecule has 0 saturated carbocycles. The van der Waals surface area contributed by atoms with Crippen LogP contribution in [0.25, 0.3) is 0 Å². The van der Waals surface area contributed by atoms with E-state index in [0.717, 1.165) is 9.80 Å². The molecule has 1 heterocycles. The quantitative estimate of drug-likeness (QED) is 0.660. The van der Waals surface area contributed by atoms with Crippen molar-refractivity contribution in [2.24, 2.45) is 0 Å². The molecule has 0 spiro atoms. The average Bonchev–Trinajstić information content (AvgIpc) is 2.52. The molecule has 1 aliphatic heterocycles. The van der Waals surface area contributed by atoms with Gasteiger partial charge in [0.1, 0.15) is 19.6 Å². The normalized spacial score (nSPS) is 15.4. The molecular formula is C11H17N3O5. The molecule has 1 aliphatic rings. The molecule has 8 nitrogen and oxygen atoms in total. The number of hydrogen-bond acceptors (Lipinski definition) is 4. The zero-order chi connectivity index (χ0) is 14.7. The second-order valence-corrected chi connectivity index (χ2v) is 4.63. The molecule has 1 fully saturated rings. The van der Waals surface area contributed by atoms with E-state index < -0.39 is 36.9 Å². The standard InChI is InChI=1S/C11H17N3O5/c1-7(2)13(6-10(17)18)9(16)5-14-8(15)4-12(3)11(14)19/h7H,4-6H2,1-3H3,(H,17,18). The molecule has 0 atom stereocenters. The summed E-state index contributed by atoms with van der Waals surface area (Å²) >= 11 is 0. The summed E-state index contributed by atoms with van der Waals surface area (Å²) in [6.45, 7) is 2.39. The molecule has 106 valence electrons. The molecule has 19 heavy (non-hydrogen) atoms. The third-order valence-electron chi connectivity index (χ3n) is 2.77. The van der Waals surface area contributed by atoms with Crippen LogP contribution in [0.2, 0.25) is 0 Å². The predicted octanol–water partition coefficient (Wildman–Crippen LogP) is -0.798. The number of nitrogens with zero attached hydrogens (tertiary/aromatic N) is 3. The average molecular weight is 271 g/mol. The van der Waals surface area contributed by atoms with Gasteiger partial charge < -0.3 is 14.9 Å². The highest BCUT2D eigenvalue weighted by atomic mass is 16.4. The van der Waals surface area contributed by atoms with Gasteiger partial charge in [-0.3, -0.25) is 19.3 Å². The van der Waals surface area contributed by atoms with Gasteiger partial charge in [-0.1, -0.05) is 0 Å². The van der Waals surface area contributed by atoms with Crippen molar-refractivity contribution in [2.75, 3.05) is 26.7 Å². The van der Waals surface area contributed by atoms with Crippen molar-refractivity contribution in [3.8, 4) is 0 Å². The Hall–Kier alpha value is -2.12. The van der Waals surface area contributed by atoms with Crippen molar-refractivity contribution < 1.29 is 24.3 Å². The zero-order valence-electron chi connectivity index (χ0n) is 11.1. The number of amides is 4. The topological polar surface area (TPSA) is 98.2 Å². The minimum atomic E-state index is -1.14. The Morgan fingerprint density at radius 2 is 1.95 bits per heavy atom. The van der Waals surface area contributed by atoms with Crippen LogP contribution in [-0.4, -0.2) is 76.3 Å². The molecule has 8 heteroatoms. The maximum atomic E-state index is 12.0. The van der Waals surface area contributed by atoms with E-state index in [1.54, 1.807) is 13.8 Å². The third-order valence-corrected chi connectivity index (χ3v) is 2.77. The highest BCUT2D eigenvalue weighted by Crippen LogP contribution is 2.09. The lowest BCUT2D eigenvalue weighted by Crippen LogP contribution is -2.47. The van der Waals surface area contributed by atoms with Crippen LogP contribution in [0.5, 0.6) is 0 Å². The lowest BCUT2D eigenvalue weighted by Gasteiger charge is -2.26. The molecule has 1 rings (SSSR count). The van der Waals surface area contributed by atoms with Gasteiger partial charge in [0.05, 0.1) is 0 Å². The van der Waals surface area contributed by atoms with Crippen LogP contribution in [-0.2, 0) is 14.4 Å². The van der Waals surface area contributed by atoms with Crippen LogP contribution in [0.1, 0.15) is 13.8 Å². The van der Waals surface area contributed by atoms with E-state index in [0.29, 0.717) is 0 Å². The van der Waals surface area contributed by atoms with Crippen molar-refractivity contribution in [1.29, 1.82) is 0 Å². The Kier molecular flexibility index (Phi) is 4.47. The molecule has 0 aliphatic carbocycles. The first kappa shape index (κ1) is 14.9. The maximum Gasteiger partial charge on any atom is 0.327 e. The Bertz CT molecular complexity index is 421. The molecule has 0 aromatic carbocycles. The highest BCUT2D eigenvalue weighted by Gasteiger charge is 2.36. The molecule has 0 radical (unpaired) electrons. The number of rotatable bonds is 5. The zero-order valence-corrected chi connectivity index (χ0v) is 11.1. The summed E-state index contributed by atoms with van der Waals surface area (Å²) in [5, 5.41) is 8.74. The van der Waals surface area contributed by atoms with E-state index in [4.69, 9.17) is 5.11 Å². The van der Waals surface area contributed by atoms with Crippen LogP contribution in [0.4, 0.5) is 4.79 Å². The molecule has 1 saturated heterocycles. The van der Waals surface area contributed by atoms with Crippen molar-refractivity contribution in [1.82, 2.24) is 14.7 Å². The first-order valence-electron chi connectivity index (χ1n) is 5.80. The van der Waals surface area contributed by atoms with E-state index in [9.17, 15) is 19.2 Å². The molecule has 1 N–H and O–H groups in total. The van der Waals surface area contributed by atoms with Crippen LogP contribution in [0.3, 0.4) is 0 Å². The maximum absolute atomic E-state index is 12.0. The number of carbonyl (C=O) groups excluding carboxylic acids is 3. The van der Waals surface area contributed by atoms with Crippen molar-refractivity contribution >= 4 is 23.8 Å². The molecular weight excluding hydrogens is 254 g/mol. The van der Waals surface area contributed by atoms with E-state index in [1.807, 2.05) is 0 Å². The summed E-state index contributed by atoms with van der Waals surface area (Å²) in [5.41, 5.74) is 0. The second-order valence-electron chi connectivity index (χ2n) is 4.63. The lowest BCUT2D eigenvalue weighted by molar-refractivity contribution is -0.146. The fourth-order valence-electron chi connectivity index (χ4n) is 1.75. The number of urea groups is 1. The van der Waals surface area contributed by atoms with Crippen molar-refractivity contribution in [3.63, 3.8) is 0 Å². The third kappa shape index (κ3) is 3.43.